The smallest absolute Gasteiger partial charge is 0.232 e. The Labute approximate surface area is 185 Å². The van der Waals surface area contributed by atoms with Gasteiger partial charge in [0.15, 0.2) is 0 Å². The number of nitrogens with two attached hydrogens (primary N) is 1. The molecule has 1 aliphatic rings. The molecule has 162 valence electrons. The largest absolute Gasteiger partial charge is 0.398 e. The number of hydrogen-bond acceptors (Lipinski definition) is 3. The van der Waals surface area contributed by atoms with E-state index in [1.54, 1.807) is 0 Å². The molecular weight excluding hydrogens is 382 g/mol. The molecule has 0 heterocycles. The minimum Gasteiger partial charge on any atom is -0.398 e. The van der Waals surface area contributed by atoms with E-state index >= 15 is 0 Å². The Bertz CT molecular complexity index is 1000. The predicted octanol–water partition coefficient (Wildman–Crippen LogP) is 5.07. The molecule has 1 atom stereocenters. The van der Waals surface area contributed by atoms with Crippen LogP contribution in [0.1, 0.15) is 41.5 Å². The third kappa shape index (κ3) is 5.74. The minimum atomic E-state index is -0.0683. The van der Waals surface area contributed by atoms with Crippen molar-refractivity contribution in [2.75, 3.05) is 24.1 Å². The number of rotatable bonds is 10. The van der Waals surface area contributed by atoms with Crippen molar-refractivity contribution in [2.24, 2.45) is 0 Å². The topological polar surface area (TPSA) is 67.1 Å². The van der Waals surface area contributed by atoms with E-state index in [0.717, 1.165) is 59.6 Å². The summed E-state index contributed by atoms with van der Waals surface area (Å²) in [5, 5.41) is 6.47. The molecule has 0 fully saturated rings. The number of benzene rings is 2. The molecule has 0 aromatic heterocycles. The van der Waals surface area contributed by atoms with Crippen LogP contribution in [0.4, 0.5) is 11.4 Å². The van der Waals surface area contributed by atoms with Gasteiger partial charge in [0.05, 0.1) is 5.92 Å². The van der Waals surface area contributed by atoms with Crippen LogP contribution in [-0.4, -0.2) is 19.0 Å². The molecule has 1 aliphatic carbocycles. The highest BCUT2D eigenvalue weighted by atomic mass is 16.1. The molecule has 0 radical (unpaired) electrons. The number of carbonyl (C=O) groups excluding carboxylic acids is 1. The third-order valence-corrected chi connectivity index (χ3v) is 5.86. The molecule has 3 rings (SSSR count). The molecule has 31 heavy (non-hydrogen) atoms. The summed E-state index contributed by atoms with van der Waals surface area (Å²) in [6.07, 6.45) is 10.7. The molecule has 2 aromatic rings. The van der Waals surface area contributed by atoms with Crippen molar-refractivity contribution >= 4 is 17.3 Å². The Morgan fingerprint density at radius 2 is 2.03 bits per heavy atom. The van der Waals surface area contributed by atoms with Gasteiger partial charge in [-0.25, -0.2) is 0 Å². The first kappa shape index (κ1) is 22.6. The van der Waals surface area contributed by atoms with Crippen LogP contribution in [0, 0.1) is 6.92 Å². The van der Waals surface area contributed by atoms with Crippen molar-refractivity contribution in [3.05, 3.63) is 95.1 Å². The zero-order chi connectivity index (χ0) is 22.2. The Balaban J connectivity index is 1.58. The molecule has 0 bridgehead atoms. The lowest BCUT2D eigenvalue weighted by atomic mass is 9.77. The van der Waals surface area contributed by atoms with Gasteiger partial charge < -0.3 is 16.4 Å². The maximum absolute atomic E-state index is 12.8. The molecule has 1 amide bonds. The van der Waals surface area contributed by atoms with E-state index in [9.17, 15) is 4.79 Å². The van der Waals surface area contributed by atoms with E-state index in [-0.39, 0.29) is 11.8 Å². The lowest BCUT2D eigenvalue weighted by Gasteiger charge is -2.29. The van der Waals surface area contributed by atoms with Crippen molar-refractivity contribution in [2.45, 2.75) is 39.0 Å². The number of nitrogen functional groups attached to an aromatic ring is 1. The summed E-state index contributed by atoms with van der Waals surface area (Å²) in [4.78, 5) is 12.8. The normalized spacial score (nSPS) is 15.1. The molecule has 0 aliphatic heterocycles. The quantitative estimate of drug-likeness (QED) is 0.220. The van der Waals surface area contributed by atoms with Crippen LogP contribution in [0.3, 0.4) is 0 Å². The Morgan fingerprint density at radius 3 is 2.81 bits per heavy atom. The standard InChI is InChI=1S/C27H33N3O/c1-4-5-16-29-17-15-19(2)9-8-12-22-20(3)26(14-13-25(22)28)30-27(31)24-18-21-10-6-7-11-23(21)24/h4-11,13-14,24,29H,2,12,15-18,28H2,1,3H3,(H,30,31)/b5-4-,9-8+. The van der Waals surface area contributed by atoms with Crippen LogP contribution in [0.5, 0.6) is 0 Å². The minimum absolute atomic E-state index is 0.0480. The van der Waals surface area contributed by atoms with Crippen LogP contribution in [-0.2, 0) is 17.6 Å². The van der Waals surface area contributed by atoms with Gasteiger partial charge in [-0.3, -0.25) is 4.79 Å². The fourth-order valence-electron chi connectivity index (χ4n) is 3.88. The molecule has 4 N–H and O–H groups in total. The number of nitrogens with one attached hydrogen (secondary N) is 2. The van der Waals surface area contributed by atoms with Crippen LogP contribution in [0.2, 0.25) is 0 Å². The second kappa shape index (κ2) is 10.8. The number of fused-ring (bicyclic) bond motifs is 1. The maximum atomic E-state index is 12.8. The lowest BCUT2D eigenvalue weighted by Crippen LogP contribution is -2.30. The van der Waals surface area contributed by atoms with Gasteiger partial charge in [0.2, 0.25) is 5.91 Å². The van der Waals surface area contributed by atoms with Crippen molar-refractivity contribution in [3.63, 3.8) is 0 Å². The molecule has 1 unspecified atom stereocenters. The first-order chi connectivity index (χ1) is 15.0. The zero-order valence-electron chi connectivity index (χ0n) is 18.6. The highest BCUT2D eigenvalue weighted by molar-refractivity contribution is 5.98. The van der Waals surface area contributed by atoms with Gasteiger partial charge in [0.25, 0.3) is 0 Å². The Hall–Kier alpha value is -3.11. The summed E-state index contributed by atoms with van der Waals surface area (Å²) in [5.74, 6) is -0.0203. The number of hydrogen-bond donors (Lipinski definition) is 3. The van der Waals surface area contributed by atoms with Gasteiger partial charge in [-0.2, -0.15) is 0 Å². The molecule has 0 saturated carbocycles. The van der Waals surface area contributed by atoms with Gasteiger partial charge in [-0.05, 0) is 74.0 Å². The van der Waals surface area contributed by atoms with Crippen molar-refractivity contribution in [1.29, 1.82) is 0 Å². The fraction of sp³-hybridized carbons (Fsp3) is 0.296. The molecule has 2 aromatic carbocycles. The average Bonchev–Trinajstić information content (AvgIpc) is 2.73. The van der Waals surface area contributed by atoms with E-state index < -0.39 is 0 Å². The highest BCUT2D eigenvalue weighted by Crippen LogP contribution is 2.36. The van der Waals surface area contributed by atoms with Gasteiger partial charge in [-0.1, -0.05) is 60.7 Å². The molecule has 4 heteroatoms. The van der Waals surface area contributed by atoms with E-state index in [1.165, 1.54) is 5.56 Å². The second-order valence-corrected chi connectivity index (χ2v) is 8.04. The molecule has 0 spiro atoms. The summed E-state index contributed by atoms with van der Waals surface area (Å²) < 4.78 is 0. The first-order valence-electron chi connectivity index (χ1n) is 10.9. The maximum Gasteiger partial charge on any atom is 0.232 e. The summed E-state index contributed by atoms with van der Waals surface area (Å²) in [7, 11) is 0. The SMILES string of the molecule is C=C(/C=C/Cc1c(N)ccc(NC(=O)C2Cc3ccccc32)c1C)CCNC/C=C\C. The summed E-state index contributed by atoms with van der Waals surface area (Å²) in [6.45, 7) is 9.95. The zero-order valence-corrected chi connectivity index (χ0v) is 18.6. The average molecular weight is 416 g/mol. The Kier molecular flexibility index (Phi) is 7.85. The number of allylic oxidation sites excluding steroid dienone is 3. The predicted molar refractivity (Wildman–Crippen MR) is 131 cm³/mol. The van der Waals surface area contributed by atoms with E-state index in [4.69, 9.17) is 5.73 Å². The van der Waals surface area contributed by atoms with Crippen molar-refractivity contribution in [1.82, 2.24) is 5.32 Å². The fourth-order valence-corrected chi connectivity index (χ4v) is 3.88. The number of amides is 1. The lowest BCUT2D eigenvalue weighted by molar-refractivity contribution is -0.118. The summed E-state index contributed by atoms with van der Waals surface area (Å²) >= 11 is 0. The van der Waals surface area contributed by atoms with Crippen LogP contribution < -0.4 is 16.4 Å². The van der Waals surface area contributed by atoms with E-state index in [0.29, 0.717) is 6.42 Å². The van der Waals surface area contributed by atoms with Crippen LogP contribution in [0.25, 0.3) is 0 Å². The second-order valence-electron chi connectivity index (χ2n) is 8.04. The number of anilines is 2. The number of carbonyl (C=O) groups is 1. The third-order valence-electron chi connectivity index (χ3n) is 5.86. The first-order valence-corrected chi connectivity index (χ1v) is 10.9. The van der Waals surface area contributed by atoms with Gasteiger partial charge >= 0.3 is 0 Å². The van der Waals surface area contributed by atoms with Crippen molar-refractivity contribution < 1.29 is 4.79 Å². The summed E-state index contributed by atoms with van der Waals surface area (Å²) in [6, 6.07) is 11.9. The Morgan fingerprint density at radius 1 is 1.23 bits per heavy atom. The van der Waals surface area contributed by atoms with Gasteiger partial charge in [-0.15, -0.1) is 0 Å². The van der Waals surface area contributed by atoms with Gasteiger partial charge in [0, 0.05) is 17.9 Å². The highest BCUT2D eigenvalue weighted by Gasteiger charge is 2.31. The van der Waals surface area contributed by atoms with Gasteiger partial charge in [0.1, 0.15) is 0 Å². The molecule has 0 saturated heterocycles. The monoisotopic (exact) mass is 415 g/mol. The molecule has 4 nitrogen and oxygen atoms in total. The van der Waals surface area contributed by atoms with Crippen LogP contribution >= 0.6 is 0 Å². The van der Waals surface area contributed by atoms with E-state index in [1.807, 2.05) is 50.3 Å². The van der Waals surface area contributed by atoms with Crippen LogP contribution in [0.15, 0.2) is 72.9 Å². The van der Waals surface area contributed by atoms with E-state index in [2.05, 4.69) is 41.5 Å². The molecular formula is C27H33N3O. The van der Waals surface area contributed by atoms with Crippen molar-refractivity contribution in [3.8, 4) is 0 Å². The summed E-state index contributed by atoms with van der Waals surface area (Å²) in [5.41, 5.74) is 13.4.